The van der Waals surface area contributed by atoms with Crippen LogP contribution in [-0.4, -0.2) is 11.9 Å². The molecule has 0 heterocycles. The number of carbonyl (C=O) groups excluding carboxylic acids is 1. The lowest BCUT2D eigenvalue weighted by molar-refractivity contribution is -0.137. The molecule has 0 spiro atoms. The maximum absolute atomic E-state index is 12.6. The molecule has 2 aromatic carbocycles. The highest BCUT2D eigenvalue weighted by atomic mass is 19.4. The SMILES string of the molecule is NC(N)=Nc1ccc(C(=O)Oc2cccc(C(F)(F)F)c2)cc1. The van der Waals surface area contributed by atoms with Crippen molar-refractivity contribution in [3.63, 3.8) is 0 Å². The maximum Gasteiger partial charge on any atom is 0.416 e. The van der Waals surface area contributed by atoms with Crippen molar-refractivity contribution in [2.24, 2.45) is 16.5 Å². The summed E-state index contributed by atoms with van der Waals surface area (Å²) in [6, 6.07) is 9.82. The fraction of sp³-hybridized carbons (Fsp3) is 0.0667. The van der Waals surface area contributed by atoms with Crippen molar-refractivity contribution in [3.8, 4) is 5.75 Å². The first kappa shape index (κ1) is 16.3. The molecule has 0 saturated carbocycles. The molecule has 0 bridgehead atoms. The molecule has 120 valence electrons. The van der Waals surface area contributed by atoms with Crippen molar-refractivity contribution < 1.29 is 22.7 Å². The third-order valence-electron chi connectivity index (χ3n) is 2.73. The highest BCUT2D eigenvalue weighted by Crippen LogP contribution is 2.31. The Balaban J connectivity index is 2.15. The Morgan fingerprint density at radius 1 is 1.04 bits per heavy atom. The number of hydrogen-bond acceptors (Lipinski definition) is 3. The molecule has 0 aliphatic heterocycles. The van der Waals surface area contributed by atoms with Crippen LogP contribution in [0.15, 0.2) is 53.5 Å². The van der Waals surface area contributed by atoms with Gasteiger partial charge in [-0.1, -0.05) is 6.07 Å². The van der Waals surface area contributed by atoms with Gasteiger partial charge >= 0.3 is 12.1 Å². The van der Waals surface area contributed by atoms with E-state index in [1.165, 1.54) is 30.3 Å². The van der Waals surface area contributed by atoms with Crippen molar-refractivity contribution in [3.05, 3.63) is 59.7 Å². The summed E-state index contributed by atoms with van der Waals surface area (Å²) in [5.74, 6) is -1.12. The summed E-state index contributed by atoms with van der Waals surface area (Å²) in [4.78, 5) is 15.7. The van der Waals surface area contributed by atoms with Crippen LogP contribution in [0.4, 0.5) is 18.9 Å². The van der Waals surface area contributed by atoms with E-state index in [4.69, 9.17) is 16.2 Å². The number of halogens is 3. The largest absolute Gasteiger partial charge is 0.423 e. The average molecular weight is 323 g/mol. The molecule has 0 unspecified atom stereocenters. The zero-order chi connectivity index (χ0) is 17.0. The number of rotatable bonds is 3. The molecule has 5 nitrogen and oxygen atoms in total. The average Bonchev–Trinajstić information content (AvgIpc) is 2.46. The first-order valence-electron chi connectivity index (χ1n) is 6.35. The Morgan fingerprint density at radius 3 is 2.26 bits per heavy atom. The van der Waals surface area contributed by atoms with E-state index >= 15 is 0 Å². The minimum Gasteiger partial charge on any atom is -0.423 e. The van der Waals surface area contributed by atoms with Crippen LogP contribution >= 0.6 is 0 Å². The van der Waals surface area contributed by atoms with E-state index in [-0.39, 0.29) is 17.3 Å². The Bertz CT molecular complexity index is 736. The van der Waals surface area contributed by atoms with E-state index < -0.39 is 17.7 Å². The van der Waals surface area contributed by atoms with Crippen molar-refractivity contribution in [1.82, 2.24) is 0 Å². The third kappa shape index (κ3) is 4.47. The van der Waals surface area contributed by atoms with E-state index in [1.54, 1.807) is 0 Å². The van der Waals surface area contributed by atoms with Gasteiger partial charge in [-0.15, -0.1) is 0 Å². The summed E-state index contributed by atoms with van der Waals surface area (Å²) in [6.45, 7) is 0. The molecule has 0 aromatic heterocycles. The fourth-order valence-electron chi connectivity index (χ4n) is 1.72. The van der Waals surface area contributed by atoms with Crippen LogP contribution < -0.4 is 16.2 Å². The molecule has 23 heavy (non-hydrogen) atoms. The van der Waals surface area contributed by atoms with Gasteiger partial charge in [-0.25, -0.2) is 9.79 Å². The van der Waals surface area contributed by atoms with Gasteiger partial charge in [-0.05, 0) is 42.5 Å². The Labute approximate surface area is 129 Å². The summed E-state index contributed by atoms with van der Waals surface area (Å²) in [6.07, 6.45) is -4.51. The minimum absolute atomic E-state index is 0.135. The Hall–Kier alpha value is -3.03. The quantitative estimate of drug-likeness (QED) is 0.393. The number of guanidine groups is 1. The van der Waals surface area contributed by atoms with Crippen LogP contribution in [0.1, 0.15) is 15.9 Å². The molecule has 0 amide bonds. The van der Waals surface area contributed by atoms with Gasteiger partial charge in [0.25, 0.3) is 0 Å². The molecule has 2 rings (SSSR count). The van der Waals surface area contributed by atoms with Crippen LogP contribution in [0, 0.1) is 0 Å². The molecular weight excluding hydrogens is 311 g/mol. The number of benzene rings is 2. The third-order valence-corrected chi connectivity index (χ3v) is 2.73. The van der Waals surface area contributed by atoms with Gasteiger partial charge in [0.05, 0.1) is 16.8 Å². The number of esters is 1. The van der Waals surface area contributed by atoms with Crippen molar-refractivity contribution in [1.29, 1.82) is 0 Å². The first-order valence-corrected chi connectivity index (χ1v) is 6.35. The Morgan fingerprint density at radius 2 is 1.70 bits per heavy atom. The molecule has 0 atom stereocenters. The number of aliphatic imine (C=N–C) groups is 1. The second kappa shape index (κ2) is 6.39. The predicted octanol–water partition coefficient (Wildman–Crippen LogP) is 2.83. The standard InChI is InChI=1S/C15H12F3N3O2/c16-15(17,18)10-2-1-3-12(8-10)23-13(22)9-4-6-11(7-5-9)21-14(19)20/h1-8H,(H4,19,20,21). The second-order valence-corrected chi connectivity index (χ2v) is 4.50. The second-order valence-electron chi connectivity index (χ2n) is 4.50. The molecule has 4 N–H and O–H groups in total. The molecular formula is C15H12F3N3O2. The lowest BCUT2D eigenvalue weighted by atomic mass is 10.2. The predicted molar refractivity (Wildman–Crippen MR) is 78.3 cm³/mol. The van der Waals surface area contributed by atoms with Gasteiger partial charge in [-0.3, -0.25) is 0 Å². The van der Waals surface area contributed by atoms with Gasteiger partial charge in [0.1, 0.15) is 5.75 Å². The maximum atomic E-state index is 12.6. The van der Waals surface area contributed by atoms with E-state index in [9.17, 15) is 18.0 Å². The van der Waals surface area contributed by atoms with Crippen LogP contribution in [0.3, 0.4) is 0 Å². The number of hydrogen-bond donors (Lipinski definition) is 2. The zero-order valence-electron chi connectivity index (χ0n) is 11.7. The summed E-state index contributed by atoms with van der Waals surface area (Å²) in [5, 5.41) is 0. The lowest BCUT2D eigenvalue weighted by Gasteiger charge is -2.09. The van der Waals surface area contributed by atoms with Gasteiger partial charge in [0.2, 0.25) is 0 Å². The van der Waals surface area contributed by atoms with E-state index in [0.29, 0.717) is 5.69 Å². The topological polar surface area (TPSA) is 90.7 Å². The Kier molecular flexibility index (Phi) is 4.54. The number of ether oxygens (including phenoxy) is 1. The van der Waals surface area contributed by atoms with Gasteiger partial charge in [0.15, 0.2) is 5.96 Å². The normalized spacial score (nSPS) is 10.9. The molecule has 2 aromatic rings. The zero-order valence-corrected chi connectivity index (χ0v) is 11.7. The van der Waals surface area contributed by atoms with Crippen LogP contribution in [0.25, 0.3) is 0 Å². The fourth-order valence-corrected chi connectivity index (χ4v) is 1.72. The highest BCUT2D eigenvalue weighted by Gasteiger charge is 2.30. The minimum atomic E-state index is -4.51. The molecule has 8 heteroatoms. The van der Waals surface area contributed by atoms with E-state index in [2.05, 4.69) is 4.99 Å². The number of nitrogens with two attached hydrogens (primary N) is 2. The van der Waals surface area contributed by atoms with Crippen LogP contribution in [0.5, 0.6) is 5.75 Å². The summed E-state index contributed by atoms with van der Waals surface area (Å²) >= 11 is 0. The smallest absolute Gasteiger partial charge is 0.416 e. The molecule has 0 aliphatic carbocycles. The van der Waals surface area contributed by atoms with Crippen LogP contribution in [-0.2, 0) is 6.18 Å². The molecule has 0 saturated heterocycles. The van der Waals surface area contributed by atoms with Crippen molar-refractivity contribution in [2.45, 2.75) is 6.18 Å². The first-order chi connectivity index (χ1) is 10.8. The van der Waals surface area contributed by atoms with Gasteiger partial charge in [0, 0.05) is 0 Å². The highest BCUT2D eigenvalue weighted by molar-refractivity contribution is 5.91. The molecule has 0 aliphatic rings. The van der Waals surface area contributed by atoms with E-state index in [1.807, 2.05) is 0 Å². The number of carbonyl (C=O) groups is 1. The van der Waals surface area contributed by atoms with Gasteiger partial charge < -0.3 is 16.2 Å². The number of alkyl halides is 3. The summed E-state index contributed by atoms with van der Waals surface area (Å²) in [5.41, 5.74) is 10.1. The van der Waals surface area contributed by atoms with Crippen molar-refractivity contribution in [2.75, 3.05) is 0 Å². The van der Waals surface area contributed by atoms with Crippen molar-refractivity contribution >= 4 is 17.6 Å². The molecule has 0 radical (unpaired) electrons. The summed E-state index contributed by atoms with van der Waals surface area (Å²) < 4.78 is 42.7. The number of nitrogens with zero attached hydrogens (tertiary/aromatic N) is 1. The van der Waals surface area contributed by atoms with E-state index in [0.717, 1.165) is 18.2 Å². The molecule has 0 fully saturated rings. The lowest BCUT2D eigenvalue weighted by Crippen LogP contribution is -2.21. The summed E-state index contributed by atoms with van der Waals surface area (Å²) in [7, 11) is 0. The van der Waals surface area contributed by atoms with Gasteiger partial charge in [-0.2, -0.15) is 13.2 Å². The monoisotopic (exact) mass is 323 g/mol. The van der Waals surface area contributed by atoms with Crippen LogP contribution in [0.2, 0.25) is 0 Å².